The van der Waals surface area contributed by atoms with E-state index in [4.69, 9.17) is 9.47 Å². The molecule has 3 aromatic rings. The van der Waals surface area contributed by atoms with E-state index in [1.165, 1.54) is 18.4 Å². The molecule has 3 rings (SSSR count). The summed E-state index contributed by atoms with van der Waals surface area (Å²) in [6, 6.07) is 18.3. The van der Waals surface area contributed by atoms with Crippen molar-refractivity contribution in [2.24, 2.45) is 0 Å². The molecule has 1 N–H and O–H groups in total. The Kier molecular flexibility index (Phi) is 5.34. The van der Waals surface area contributed by atoms with Crippen LogP contribution in [-0.2, 0) is 4.74 Å². The molecule has 0 aliphatic rings. The Hall–Kier alpha value is -3.12. The van der Waals surface area contributed by atoms with Gasteiger partial charge in [-0.05, 0) is 36.2 Å². The summed E-state index contributed by atoms with van der Waals surface area (Å²) in [5.74, 6) is -0.0937. The van der Waals surface area contributed by atoms with E-state index in [0.29, 0.717) is 16.3 Å². The van der Waals surface area contributed by atoms with Gasteiger partial charge in [0.25, 0.3) is 0 Å². The molecule has 1 aromatic heterocycles. The van der Waals surface area contributed by atoms with Crippen LogP contribution in [0.2, 0.25) is 0 Å². The van der Waals surface area contributed by atoms with Crippen LogP contribution in [0.15, 0.2) is 60.7 Å². The number of ether oxygens (including phenoxy) is 2. The molecule has 0 aliphatic heterocycles. The van der Waals surface area contributed by atoms with E-state index < -0.39 is 12.1 Å². The lowest BCUT2D eigenvalue weighted by Crippen LogP contribution is -2.18. The number of benzene rings is 2. The molecular formula is C20H17NO4S. The van der Waals surface area contributed by atoms with E-state index >= 15 is 0 Å². The zero-order valence-electron chi connectivity index (χ0n) is 14.3. The van der Waals surface area contributed by atoms with Gasteiger partial charge < -0.3 is 9.47 Å². The normalized spacial score (nSPS) is 10.2. The molecule has 1 amide bonds. The average molecular weight is 367 g/mol. The fourth-order valence-corrected chi connectivity index (χ4v) is 3.56. The van der Waals surface area contributed by atoms with Crippen molar-refractivity contribution in [2.45, 2.75) is 6.92 Å². The molecule has 0 radical (unpaired) electrons. The number of esters is 1. The third-order valence-electron chi connectivity index (χ3n) is 3.70. The SMILES string of the molecule is COC(=O)c1sc(-c2ccccc2C)cc1NC(=O)Oc1ccccc1. The maximum Gasteiger partial charge on any atom is 0.417 e. The van der Waals surface area contributed by atoms with Crippen molar-refractivity contribution in [1.29, 1.82) is 0 Å². The van der Waals surface area contributed by atoms with Crippen molar-refractivity contribution in [3.63, 3.8) is 0 Å². The number of hydrogen-bond donors (Lipinski definition) is 1. The number of rotatable bonds is 4. The first-order valence-corrected chi connectivity index (χ1v) is 8.72. The van der Waals surface area contributed by atoms with Crippen LogP contribution in [0.5, 0.6) is 5.75 Å². The summed E-state index contributed by atoms with van der Waals surface area (Å²) >= 11 is 1.26. The van der Waals surface area contributed by atoms with Gasteiger partial charge in [0.15, 0.2) is 0 Å². The van der Waals surface area contributed by atoms with Crippen LogP contribution in [0.1, 0.15) is 15.2 Å². The number of carbonyl (C=O) groups is 2. The minimum atomic E-state index is -0.671. The molecule has 0 unspecified atom stereocenters. The van der Waals surface area contributed by atoms with Gasteiger partial charge >= 0.3 is 12.1 Å². The summed E-state index contributed by atoms with van der Waals surface area (Å²) in [6.45, 7) is 1.99. The van der Waals surface area contributed by atoms with Crippen molar-refractivity contribution >= 4 is 29.1 Å². The Bertz CT molecular complexity index is 934. The number of para-hydroxylation sites is 1. The van der Waals surface area contributed by atoms with Gasteiger partial charge in [0.2, 0.25) is 0 Å². The highest BCUT2D eigenvalue weighted by Gasteiger charge is 2.20. The maximum absolute atomic E-state index is 12.2. The minimum absolute atomic E-state index is 0.316. The zero-order valence-corrected chi connectivity index (χ0v) is 15.1. The van der Waals surface area contributed by atoms with Crippen LogP contribution in [0, 0.1) is 6.92 Å². The molecule has 0 saturated carbocycles. The molecule has 2 aromatic carbocycles. The Balaban J connectivity index is 1.89. The number of aryl methyl sites for hydroxylation is 1. The molecular weight excluding hydrogens is 350 g/mol. The highest BCUT2D eigenvalue weighted by atomic mass is 32.1. The Morgan fingerprint density at radius 2 is 1.69 bits per heavy atom. The summed E-state index contributed by atoms with van der Waals surface area (Å²) in [6.07, 6.45) is -0.671. The average Bonchev–Trinajstić information content (AvgIpc) is 3.05. The molecule has 5 nitrogen and oxygen atoms in total. The molecule has 0 bridgehead atoms. The van der Waals surface area contributed by atoms with Gasteiger partial charge in [-0.15, -0.1) is 11.3 Å². The fraction of sp³-hybridized carbons (Fsp3) is 0.100. The molecule has 0 atom stereocenters. The van der Waals surface area contributed by atoms with Crippen LogP contribution in [0.3, 0.4) is 0 Å². The number of thiophene rings is 1. The highest BCUT2D eigenvalue weighted by Crippen LogP contribution is 2.36. The summed E-state index contributed by atoms with van der Waals surface area (Å²) in [4.78, 5) is 25.5. The number of hydrogen-bond acceptors (Lipinski definition) is 5. The molecule has 0 aliphatic carbocycles. The lowest BCUT2D eigenvalue weighted by molar-refractivity contribution is 0.0607. The van der Waals surface area contributed by atoms with Crippen molar-refractivity contribution in [2.75, 3.05) is 12.4 Å². The molecule has 0 saturated heterocycles. The first kappa shape index (κ1) is 17.7. The third-order valence-corrected chi connectivity index (χ3v) is 4.85. The number of carbonyl (C=O) groups excluding carboxylic acids is 2. The van der Waals surface area contributed by atoms with Crippen LogP contribution in [-0.4, -0.2) is 19.2 Å². The molecule has 132 valence electrons. The van der Waals surface area contributed by atoms with Gasteiger partial charge in [0.05, 0.1) is 12.8 Å². The smallest absolute Gasteiger partial charge is 0.417 e. The molecule has 0 fully saturated rings. The predicted molar refractivity (Wildman–Crippen MR) is 102 cm³/mol. The quantitative estimate of drug-likeness (QED) is 0.650. The number of anilines is 1. The van der Waals surface area contributed by atoms with E-state index in [1.54, 1.807) is 30.3 Å². The van der Waals surface area contributed by atoms with E-state index in [0.717, 1.165) is 16.0 Å². The van der Waals surface area contributed by atoms with Crippen LogP contribution < -0.4 is 10.1 Å². The predicted octanol–water partition coefficient (Wildman–Crippen LogP) is 5.12. The molecule has 26 heavy (non-hydrogen) atoms. The van der Waals surface area contributed by atoms with Crippen LogP contribution in [0.4, 0.5) is 10.5 Å². The summed E-state index contributed by atoms with van der Waals surface area (Å²) in [5.41, 5.74) is 2.43. The van der Waals surface area contributed by atoms with E-state index in [-0.39, 0.29) is 0 Å². The number of methoxy groups -OCH3 is 1. The number of amides is 1. The largest absolute Gasteiger partial charge is 0.465 e. The van der Waals surface area contributed by atoms with Crippen molar-refractivity contribution in [3.05, 3.63) is 71.1 Å². The van der Waals surface area contributed by atoms with Gasteiger partial charge in [0.1, 0.15) is 10.6 Å². The second-order valence-electron chi connectivity index (χ2n) is 5.49. The first-order valence-electron chi connectivity index (χ1n) is 7.90. The number of nitrogens with one attached hydrogen (secondary N) is 1. The zero-order chi connectivity index (χ0) is 18.5. The van der Waals surface area contributed by atoms with Gasteiger partial charge in [-0.3, -0.25) is 5.32 Å². The van der Waals surface area contributed by atoms with Crippen LogP contribution in [0.25, 0.3) is 10.4 Å². The lowest BCUT2D eigenvalue weighted by atomic mass is 10.1. The van der Waals surface area contributed by atoms with Crippen LogP contribution >= 0.6 is 11.3 Å². The van der Waals surface area contributed by atoms with Crippen molar-refractivity contribution < 1.29 is 19.1 Å². The molecule has 1 heterocycles. The monoisotopic (exact) mass is 367 g/mol. The summed E-state index contributed by atoms with van der Waals surface area (Å²) < 4.78 is 10.1. The van der Waals surface area contributed by atoms with E-state index in [9.17, 15) is 9.59 Å². The fourth-order valence-electron chi connectivity index (χ4n) is 2.44. The van der Waals surface area contributed by atoms with E-state index in [2.05, 4.69) is 5.32 Å². The lowest BCUT2D eigenvalue weighted by Gasteiger charge is -2.06. The van der Waals surface area contributed by atoms with Gasteiger partial charge in [-0.25, -0.2) is 9.59 Å². The standard InChI is InChI=1S/C20H17NO4S/c1-13-8-6-7-11-15(13)17-12-16(18(26-17)19(22)24-2)21-20(23)25-14-9-4-3-5-10-14/h3-12H,1-2H3,(H,21,23). The van der Waals surface area contributed by atoms with Gasteiger partial charge in [-0.2, -0.15) is 0 Å². The Labute approximate surface area is 155 Å². The van der Waals surface area contributed by atoms with E-state index in [1.807, 2.05) is 37.3 Å². The minimum Gasteiger partial charge on any atom is -0.465 e. The van der Waals surface area contributed by atoms with Crippen molar-refractivity contribution in [3.8, 4) is 16.2 Å². The third kappa shape index (κ3) is 3.92. The first-order chi connectivity index (χ1) is 12.6. The highest BCUT2D eigenvalue weighted by molar-refractivity contribution is 7.18. The second kappa shape index (κ2) is 7.84. The maximum atomic E-state index is 12.2. The Morgan fingerprint density at radius 1 is 1.00 bits per heavy atom. The van der Waals surface area contributed by atoms with Gasteiger partial charge in [-0.1, -0.05) is 42.5 Å². The summed E-state index contributed by atoms with van der Waals surface area (Å²) in [7, 11) is 1.31. The summed E-state index contributed by atoms with van der Waals surface area (Å²) in [5, 5.41) is 2.63. The Morgan fingerprint density at radius 3 is 2.38 bits per heavy atom. The molecule has 6 heteroatoms. The van der Waals surface area contributed by atoms with Gasteiger partial charge in [0, 0.05) is 4.88 Å². The van der Waals surface area contributed by atoms with Crippen molar-refractivity contribution in [1.82, 2.24) is 0 Å². The topological polar surface area (TPSA) is 64.6 Å². The molecule has 0 spiro atoms. The second-order valence-corrected chi connectivity index (χ2v) is 6.54.